The Labute approximate surface area is 135 Å². The summed E-state index contributed by atoms with van der Waals surface area (Å²) in [6.07, 6.45) is 4.00. The Morgan fingerprint density at radius 3 is 2.81 bits per heavy atom. The predicted molar refractivity (Wildman–Crippen MR) is 88.4 cm³/mol. The maximum Gasteiger partial charge on any atom is 0.410 e. The minimum Gasteiger partial charge on any atom is -0.444 e. The summed E-state index contributed by atoms with van der Waals surface area (Å²) in [5.41, 5.74) is 0.819. The monoisotopic (exact) mass is 353 g/mol. The second kappa shape index (κ2) is 6.82. The fraction of sp³-hybridized carbons (Fsp3) is 0.588. The van der Waals surface area contributed by atoms with Crippen LogP contribution in [0.25, 0.3) is 0 Å². The molecule has 0 saturated carbocycles. The highest BCUT2D eigenvalue weighted by molar-refractivity contribution is 9.10. The number of benzene rings is 1. The molecule has 0 N–H and O–H groups in total. The maximum atomic E-state index is 12.4. The van der Waals surface area contributed by atoms with E-state index in [0.717, 1.165) is 30.3 Å². The van der Waals surface area contributed by atoms with E-state index >= 15 is 0 Å². The second-order valence-electron chi connectivity index (χ2n) is 6.66. The highest BCUT2D eigenvalue weighted by Crippen LogP contribution is 2.24. The molecule has 1 aliphatic rings. The van der Waals surface area contributed by atoms with Gasteiger partial charge in [-0.25, -0.2) is 4.79 Å². The zero-order valence-electron chi connectivity index (χ0n) is 13.1. The van der Waals surface area contributed by atoms with Crippen molar-refractivity contribution in [2.75, 3.05) is 6.54 Å². The number of piperidine rings is 1. The number of hydrogen-bond acceptors (Lipinski definition) is 2. The molecule has 1 fully saturated rings. The topological polar surface area (TPSA) is 29.5 Å². The molecule has 21 heavy (non-hydrogen) atoms. The molecule has 1 heterocycles. The number of carbonyl (C=O) groups excluding carboxylic acids is 1. The maximum absolute atomic E-state index is 12.4. The molecule has 1 atom stereocenters. The second-order valence-corrected chi connectivity index (χ2v) is 7.57. The first-order valence-electron chi connectivity index (χ1n) is 7.59. The minimum absolute atomic E-state index is 0.179. The third kappa shape index (κ3) is 5.03. The summed E-state index contributed by atoms with van der Waals surface area (Å²) in [5.74, 6) is 0. The number of carbonyl (C=O) groups is 1. The number of nitrogens with zero attached hydrogens (tertiary/aromatic N) is 1. The molecule has 0 aromatic heterocycles. The van der Waals surface area contributed by atoms with Gasteiger partial charge >= 0.3 is 6.09 Å². The Bertz CT molecular complexity index is 496. The van der Waals surface area contributed by atoms with Crippen molar-refractivity contribution >= 4 is 22.0 Å². The summed E-state index contributed by atoms with van der Waals surface area (Å²) in [6.45, 7) is 6.54. The molecule has 3 nitrogen and oxygen atoms in total. The van der Waals surface area contributed by atoms with Crippen LogP contribution in [-0.4, -0.2) is 29.2 Å². The van der Waals surface area contributed by atoms with Crippen molar-refractivity contribution in [1.29, 1.82) is 0 Å². The Morgan fingerprint density at radius 1 is 1.38 bits per heavy atom. The van der Waals surface area contributed by atoms with Gasteiger partial charge in [0.1, 0.15) is 5.60 Å². The zero-order valence-corrected chi connectivity index (χ0v) is 14.6. The number of halogens is 1. The van der Waals surface area contributed by atoms with Gasteiger partial charge in [0.25, 0.3) is 0 Å². The van der Waals surface area contributed by atoms with Crippen molar-refractivity contribution in [2.45, 2.75) is 58.1 Å². The van der Waals surface area contributed by atoms with Crippen molar-refractivity contribution < 1.29 is 9.53 Å². The van der Waals surface area contributed by atoms with Crippen LogP contribution in [0.1, 0.15) is 45.6 Å². The number of amides is 1. The van der Waals surface area contributed by atoms with Crippen LogP contribution in [0.5, 0.6) is 0 Å². The smallest absolute Gasteiger partial charge is 0.410 e. The van der Waals surface area contributed by atoms with E-state index in [1.54, 1.807) is 0 Å². The van der Waals surface area contributed by atoms with Gasteiger partial charge in [-0.1, -0.05) is 28.1 Å². The average Bonchev–Trinajstić information content (AvgIpc) is 2.37. The van der Waals surface area contributed by atoms with Gasteiger partial charge in [0, 0.05) is 17.1 Å². The molecule has 1 amide bonds. The molecule has 116 valence electrons. The highest BCUT2D eigenvalue weighted by atomic mass is 79.9. The van der Waals surface area contributed by atoms with Gasteiger partial charge in [-0.15, -0.1) is 0 Å². The van der Waals surface area contributed by atoms with Gasteiger partial charge in [-0.05, 0) is 64.2 Å². The predicted octanol–water partition coefficient (Wildman–Crippen LogP) is 4.78. The van der Waals surface area contributed by atoms with Gasteiger partial charge in [-0.3, -0.25) is 0 Å². The summed E-state index contributed by atoms with van der Waals surface area (Å²) < 4.78 is 6.63. The minimum atomic E-state index is -0.436. The number of rotatable bonds is 2. The molecule has 0 aliphatic carbocycles. The van der Waals surface area contributed by atoms with Gasteiger partial charge in [0.15, 0.2) is 0 Å². The molecule has 0 unspecified atom stereocenters. The quantitative estimate of drug-likeness (QED) is 0.765. The molecule has 0 bridgehead atoms. The van der Waals surface area contributed by atoms with Crippen LogP contribution in [0.4, 0.5) is 4.79 Å². The third-order valence-corrected chi connectivity index (χ3v) is 4.11. The molecule has 2 rings (SSSR count). The Hall–Kier alpha value is -1.03. The first-order chi connectivity index (χ1) is 9.85. The van der Waals surface area contributed by atoms with Crippen LogP contribution in [0.3, 0.4) is 0 Å². The highest BCUT2D eigenvalue weighted by Gasteiger charge is 2.30. The van der Waals surface area contributed by atoms with E-state index in [-0.39, 0.29) is 12.1 Å². The van der Waals surface area contributed by atoms with Crippen molar-refractivity contribution in [3.63, 3.8) is 0 Å². The van der Waals surface area contributed by atoms with E-state index in [1.807, 2.05) is 37.8 Å². The van der Waals surface area contributed by atoms with Crippen molar-refractivity contribution in [1.82, 2.24) is 4.90 Å². The van der Waals surface area contributed by atoms with E-state index < -0.39 is 5.60 Å². The summed E-state index contributed by atoms with van der Waals surface area (Å²) in [7, 11) is 0. The van der Waals surface area contributed by atoms with E-state index in [2.05, 4.69) is 28.1 Å². The van der Waals surface area contributed by atoms with Gasteiger partial charge in [-0.2, -0.15) is 0 Å². The number of ether oxygens (including phenoxy) is 1. The van der Waals surface area contributed by atoms with Crippen LogP contribution in [0.2, 0.25) is 0 Å². The lowest BCUT2D eigenvalue weighted by Crippen LogP contribution is -2.47. The molecular formula is C17H24BrNO2. The first-order valence-corrected chi connectivity index (χ1v) is 8.38. The standard InChI is InChI=1S/C17H24BrNO2/c1-17(2,3)21-16(20)19-10-5-4-9-15(19)12-13-7-6-8-14(18)11-13/h6-8,11,15H,4-5,9-10,12H2,1-3H3/t15-/m0/s1. The lowest BCUT2D eigenvalue weighted by Gasteiger charge is -2.37. The Balaban J connectivity index is 2.06. The molecule has 1 aliphatic heterocycles. The summed E-state index contributed by atoms with van der Waals surface area (Å²) >= 11 is 3.51. The fourth-order valence-corrected chi connectivity index (χ4v) is 3.16. The number of hydrogen-bond donors (Lipinski definition) is 0. The van der Waals surface area contributed by atoms with Crippen LogP contribution in [0, 0.1) is 0 Å². The first kappa shape index (κ1) is 16.3. The largest absolute Gasteiger partial charge is 0.444 e. The van der Waals surface area contributed by atoms with E-state index in [4.69, 9.17) is 4.74 Å². The SMILES string of the molecule is CC(C)(C)OC(=O)N1CCCC[C@H]1Cc1cccc(Br)c1. The van der Waals surface area contributed by atoms with Gasteiger partial charge in [0.2, 0.25) is 0 Å². The summed E-state index contributed by atoms with van der Waals surface area (Å²) in [5, 5.41) is 0. The molecule has 1 aromatic rings. The van der Waals surface area contributed by atoms with Gasteiger partial charge in [0.05, 0.1) is 0 Å². The Kier molecular flexibility index (Phi) is 5.31. The van der Waals surface area contributed by atoms with E-state index in [0.29, 0.717) is 0 Å². The fourth-order valence-electron chi connectivity index (χ4n) is 2.71. The molecule has 1 aromatic carbocycles. The van der Waals surface area contributed by atoms with Crippen LogP contribution in [0.15, 0.2) is 28.7 Å². The molecule has 1 saturated heterocycles. The average molecular weight is 354 g/mol. The van der Waals surface area contributed by atoms with Crippen LogP contribution < -0.4 is 0 Å². The van der Waals surface area contributed by atoms with Crippen LogP contribution in [-0.2, 0) is 11.2 Å². The van der Waals surface area contributed by atoms with Crippen molar-refractivity contribution in [2.24, 2.45) is 0 Å². The number of likely N-dealkylation sites (tertiary alicyclic amines) is 1. The van der Waals surface area contributed by atoms with E-state index in [9.17, 15) is 4.79 Å². The summed E-state index contributed by atoms with van der Waals surface area (Å²) in [4.78, 5) is 14.3. The molecule has 0 radical (unpaired) electrons. The lowest BCUT2D eigenvalue weighted by molar-refractivity contribution is 0.00995. The van der Waals surface area contributed by atoms with Crippen molar-refractivity contribution in [3.8, 4) is 0 Å². The van der Waals surface area contributed by atoms with Crippen LogP contribution >= 0.6 is 15.9 Å². The Morgan fingerprint density at radius 2 is 2.14 bits per heavy atom. The molecule has 0 spiro atoms. The molecular weight excluding hydrogens is 330 g/mol. The van der Waals surface area contributed by atoms with Crippen molar-refractivity contribution in [3.05, 3.63) is 34.3 Å². The summed E-state index contributed by atoms with van der Waals surface area (Å²) in [6, 6.07) is 8.55. The third-order valence-electron chi connectivity index (χ3n) is 3.62. The molecule has 4 heteroatoms. The van der Waals surface area contributed by atoms with E-state index in [1.165, 1.54) is 12.0 Å². The lowest BCUT2D eigenvalue weighted by atomic mass is 9.96. The normalized spacial score (nSPS) is 19.4. The van der Waals surface area contributed by atoms with Gasteiger partial charge < -0.3 is 9.64 Å². The zero-order chi connectivity index (χ0) is 15.5.